The molecule has 0 unspecified atom stereocenters. The van der Waals surface area contributed by atoms with Gasteiger partial charge in [0.25, 0.3) is 0 Å². The zero-order chi connectivity index (χ0) is 6.97. The van der Waals surface area contributed by atoms with Gasteiger partial charge < -0.3 is 15.1 Å². The Morgan fingerprint density at radius 3 is 3.00 bits per heavy atom. The SMILES string of the molecule is OCc1cc2[nH]ccc2[nH]1. The number of hydrogen-bond donors (Lipinski definition) is 3. The number of aromatic nitrogens is 2. The Kier molecular flexibility index (Phi) is 1.05. The van der Waals surface area contributed by atoms with E-state index in [9.17, 15) is 0 Å². The largest absolute Gasteiger partial charge is 0.390 e. The minimum atomic E-state index is 0.0719. The molecule has 0 saturated heterocycles. The highest BCUT2D eigenvalue weighted by Gasteiger charge is 1.97. The van der Waals surface area contributed by atoms with Crippen LogP contribution in [0.3, 0.4) is 0 Å². The van der Waals surface area contributed by atoms with Gasteiger partial charge in [-0.15, -0.1) is 0 Å². The molecule has 3 heteroatoms. The molecule has 0 amide bonds. The van der Waals surface area contributed by atoms with Crippen molar-refractivity contribution in [1.82, 2.24) is 9.97 Å². The smallest absolute Gasteiger partial charge is 0.0831 e. The fraction of sp³-hybridized carbons (Fsp3) is 0.143. The third-order valence-corrected chi connectivity index (χ3v) is 1.56. The van der Waals surface area contributed by atoms with Crippen molar-refractivity contribution in [2.45, 2.75) is 6.61 Å². The highest BCUT2D eigenvalue weighted by Crippen LogP contribution is 2.12. The fourth-order valence-electron chi connectivity index (χ4n) is 1.08. The molecule has 2 aromatic heterocycles. The number of nitrogens with one attached hydrogen (secondary N) is 2. The summed E-state index contributed by atoms with van der Waals surface area (Å²) in [7, 11) is 0. The number of hydrogen-bond acceptors (Lipinski definition) is 1. The molecule has 0 aliphatic carbocycles. The van der Waals surface area contributed by atoms with Crippen LogP contribution in [0.15, 0.2) is 18.3 Å². The maximum Gasteiger partial charge on any atom is 0.0831 e. The van der Waals surface area contributed by atoms with Crippen LogP contribution in [0.5, 0.6) is 0 Å². The Morgan fingerprint density at radius 2 is 2.30 bits per heavy atom. The van der Waals surface area contributed by atoms with Crippen LogP contribution in [0.4, 0.5) is 0 Å². The first kappa shape index (κ1) is 5.56. The van der Waals surface area contributed by atoms with Crippen LogP contribution in [0, 0.1) is 0 Å². The zero-order valence-corrected chi connectivity index (χ0v) is 5.39. The van der Waals surface area contributed by atoms with Crippen LogP contribution in [-0.2, 0) is 6.61 Å². The Bertz CT molecular complexity index is 305. The quantitative estimate of drug-likeness (QED) is 0.538. The maximum absolute atomic E-state index is 8.71. The number of aliphatic hydroxyl groups is 1. The molecule has 3 N–H and O–H groups in total. The molecule has 10 heavy (non-hydrogen) atoms. The van der Waals surface area contributed by atoms with E-state index in [1.54, 1.807) is 0 Å². The minimum absolute atomic E-state index is 0.0719. The molecule has 0 fully saturated rings. The van der Waals surface area contributed by atoms with Gasteiger partial charge in [-0.05, 0) is 12.1 Å². The first-order valence-electron chi connectivity index (χ1n) is 3.16. The van der Waals surface area contributed by atoms with Crippen LogP contribution in [0.25, 0.3) is 11.0 Å². The van der Waals surface area contributed by atoms with Gasteiger partial charge in [-0.25, -0.2) is 0 Å². The van der Waals surface area contributed by atoms with Crippen molar-refractivity contribution in [3.05, 3.63) is 24.0 Å². The van der Waals surface area contributed by atoms with Crippen LogP contribution >= 0.6 is 0 Å². The Hall–Kier alpha value is -1.22. The van der Waals surface area contributed by atoms with Crippen LogP contribution in [0.2, 0.25) is 0 Å². The number of fused-ring (bicyclic) bond motifs is 1. The van der Waals surface area contributed by atoms with Crippen molar-refractivity contribution < 1.29 is 5.11 Å². The monoisotopic (exact) mass is 136 g/mol. The molecular weight excluding hydrogens is 128 g/mol. The van der Waals surface area contributed by atoms with E-state index >= 15 is 0 Å². The summed E-state index contributed by atoms with van der Waals surface area (Å²) in [5.74, 6) is 0. The van der Waals surface area contributed by atoms with Crippen LogP contribution < -0.4 is 0 Å². The van der Waals surface area contributed by atoms with Gasteiger partial charge in [-0.2, -0.15) is 0 Å². The zero-order valence-electron chi connectivity index (χ0n) is 5.39. The molecule has 0 radical (unpaired) electrons. The molecule has 0 atom stereocenters. The van der Waals surface area contributed by atoms with Crippen molar-refractivity contribution in [3.8, 4) is 0 Å². The summed E-state index contributed by atoms with van der Waals surface area (Å²) in [5.41, 5.74) is 2.94. The molecular formula is C7H8N2O. The van der Waals surface area contributed by atoms with Gasteiger partial charge in [0.05, 0.1) is 17.6 Å². The third-order valence-electron chi connectivity index (χ3n) is 1.56. The molecule has 52 valence electrons. The van der Waals surface area contributed by atoms with Gasteiger partial charge in [0.15, 0.2) is 0 Å². The van der Waals surface area contributed by atoms with Crippen LogP contribution in [0.1, 0.15) is 5.69 Å². The van der Waals surface area contributed by atoms with Gasteiger partial charge in [-0.1, -0.05) is 0 Å². The number of rotatable bonds is 1. The van der Waals surface area contributed by atoms with E-state index < -0.39 is 0 Å². The lowest BCUT2D eigenvalue weighted by Gasteiger charge is -1.83. The molecule has 2 aromatic rings. The second-order valence-electron chi connectivity index (χ2n) is 2.26. The maximum atomic E-state index is 8.71. The third kappa shape index (κ3) is 0.642. The van der Waals surface area contributed by atoms with Gasteiger partial charge in [0, 0.05) is 11.9 Å². The van der Waals surface area contributed by atoms with E-state index in [2.05, 4.69) is 9.97 Å². The molecule has 0 aliphatic heterocycles. The summed E-state index contributed by atoms with van der Waals surface area (Å²) in [6, 6.07) is 3.84. The summed E-state index contributed by atoms with van der Waals surface area (Å²) in [4.78, 5) is 6.08. The van der Waals surface area contributed by atoms with Gasteiger partial charge in [0.1, 0.15) is 0 Å². The van der Waals surface area contributed by atoms with E-state index in [0.29, 0.717) is 0 Å². The summed E-state index contributed by atoms with van der Waals surface area (Å²) in [5, 5.41) is 8.71. The molecule has 0 aliphatic rings. The Labute approximate surface area is 57.7 Å². The number of aliphatic hydroxyl groups excluding tert-OH is 1. The highest BCUT2D eigenvalue weighted by molar-refractivity contribution is 5.76. The second-order valence-corrected chi connectivity index (χ2v) is 2.26. The Balaban J connectivity index is 2.67. The normalized spacial score (nSPS) is 10.9. The van der Waals surface area contributed by atoms with E-state index in [0.717, 1.165) is 16.7 Å². The van der Waals surface area contributed by atoms with E-state index in [1.807, 2.05) is 18.3 Å². The van der Waals surface area contributed by atoms with E-state index in [-0.39, 0.29) is 6.61 Å². The molecule has 3 nitrogen and oxygen atoms in total. The predicted octanol–water partition coefficient (Wildman–Crippen LogP) is 0.988. The predicted molar refractivity (Wildman–Crippen MR) is 38.6 cm³/mol. The first-order chi connectivity index (χ1) is 4.90. The average Bonchev–Trinajstić information content (AvgIpc) is 2.42. The van der Waals surface area contributed by atoms with Crippen molar-refractivity contribution >= 4 is 11.0 Å². The van der Waals surface area contributed by atoms with Crippen molar-refractivity contribution in [2.75, 3.05) is 0 Å². The van der Waals surface area contributed by atoms with Crippen molar-refractivity contribution in [3.63, 3.8) is 0 Å². The van der Waals surface area contributed by atoms with Crippen molar-refractivity contribution in [1.29, 1.82) is 0 Å². The van der Waals surface area contributed by atoms with E-state index in [1.165, 1.54) is 0 Å². The summed E-state index contributed by atoms with van der Waals surface area (Å²) >= 11 is 0. The lowest BCUT2D eigenvalue weighted by molar-refractivity contribution is 0.278. The van der Waals surface area contributed by atoms with E-state index in [4.69, 9.17) is 5.11 Å². The lowest BCUT2D eigenvalue weighted by Crippen LogP contribution is -1.79. The fourth-order valence-corrected chi connectivity index (χ4v) is 1.08. The van der Waals surface area contributed by atoms with Gasteiger partial charge in [0.2, 0.25) is 0 Å². The first-order valence-corrected chi connectivity index (χ1v) is 3.16. The summed E-state index contributed by atoms with van der Waals surface area (Å²) in [6.45, 7) is 0.0719. The molecule has 2 heterocycles. The number of H-pyrrole nitrogens is 2. The molecule has 0 bridgehead atoms. The van der Waals surface area contributed by atoms with Crippen molar-refractivity contribution in [2.24, 2.45) is 0 Å². The second kappa shape index (κ2) is 1.88. The molecule has 0 saturated carbocycles. The standard InChI is InChI=1S/C7H8N2O/c10-4-5-3-7-6(9-5)1-2-8-7/h1-3,8-10H,4H2. The molecule has 0 spiro atoms. The molecule has 0 aromatic carbocycles. The lowest BCUT2D eigenvalue weighted by atomic mass is 10.4. The number of aromatic amines is 2. The average molecular weight is 136 g/mol. The molecule has 2 rings (SSSR count). The minimum Gasteiger partial charge on any atom is -0.390 e. The summed E-state index contributed by atoms with van der Waals surface area (Å²) < 4.78 is 0. The van der Waals surface area contributed by atoms with Crippen LogP contribution in [-0.4, -0.2) is 15.1 Å². The topological polar surface area (TPSA) is 51.8 Å². The Morgan fingerprint density at radius 1 is 1.40 bits per heavy atom. The van der Waals surface area contributed by atoms with Gasteiger partial charge in [-0.3, -0.25) is 0 Å². The highest BCUT2D eigenvalue weighted by atomic mass is 16.3. The summed E-state index contributed by atoms with van der Waals surface area (Å²) in [6.07, 6.45) is 1.86. The van der Waals surface area contributed by atoms with Gasteiger partial charge >= 0.3 is 0 Å².